The molecule has 0 amide bonds. The van der Waals surface area contributed by atoms with Crippen molar-refractivity contribution in [1.82, 2.24) is 0 Å². The van der Waals surface area contributed by atoms with E-state index in [1.54, 1.807) is 5.56 Å². The second kappa shape index (κ2) is 34.7. The first-order chi connectivity index (χ1) is 46.5. The molecule has 6 aromatic rings. The third kappa shape index (κ3) is 30.6. The average molecular weight is 1440 g/mol. The van der Waals surface area contributed by atoms with Crippen LogP contribution >= 0.6 is 0 Å². The first kappa shape index (κ1) is 96.4. The number of hydrogen-bond donors (Lipinski definition) is 0. The minimum atomic E-state index is -0.427. The van der Waals surface area contributed by atoms with Crippen LogP contribution in [0.1, 0.15) is 461 Å². The summed E-state index contributed by atoms with van der Waals surface area (Å²) < 4.78 is 8.58. The lowest BCUT2D eigenvalue weighted by Crippen LogP contribution is -2.29. The van der Waals surface area contributed by atoms with E-state index in [1.165, 1.54) is 89.0 Å². The van der Waals surface area contributed by atoms with Gasteiger partial charge in [-0.3, -0.25) is 0 Å². The zero-order valence-electron chi connectivity index (χ0n) is 80.4. The van der Waals surface area contributed by atoms with Gasteiger partial charge >= 0.3 is 0 Å². The first-order valence-corrected chi connectivity index (χ1v) is 40.9. The highest BCUT2D eigenvalue weighted by atomic mass is 14.4. The Labute approximate surface area is 658 Å². The van der Waals surface area contributed by atoms with Crippen molar-refractivity contribution in [3.8, 4) is 0 Å². The van der Waals surface area contributed by atoms with E-state index in [1.807, 2.05) is 0 Å². The second-order valence-corrected chi connectivity index (χ2v) is 47.7. The minimum Gasteiger partial charge on any atom is -0.0648 e. The van der Waals surface area contributed by atoms with Crippen LogP contribution in [0, 0.1) is 0 Å². The van der Waals surface area contributed by atoms with Crippen molar-refractivity contribution in [1.29, 1.82) is 0 Å². The molecule has 0 atom stereocenters. The van der Waals surface area contributed by atoms with Crippen molar-refractivity contribution in [2.75, 3.05) is 0 Å². The Balaban J connectivity index is 0.000000639. The maximum absolute atomic E-state index is 8.58. The molecule has 0 heteroatoms. The Hall–Kier alpha value is -4.68. The van der Waals surface area contributed by atoms with Crippen molar-refractivity contribution < 1.29 is 1.37 Å². The lowest BCUT2D eigenvalue weighted by molar-refractivity contribution is 0.490. The Morgan fingerprint density at radius 2 is 0.381 bits per heavy atom. The Morgan fingerprint density at radius 3 is 0.581 bits per heavy atom. The molecular formula is C105H174. The molecular weight excluding hydrogens is 1260 g/mol. The van der Waals surface area contributed by atoms with Crippen LogP contribution in [0.25, 0.3) is 0 Å². The molecule has 0 aromatic heterocycles. The molecule has 0 aliphatic carbocycles. The summed E-state index contributed by atoms with van der Waals surface area (Å²) in [5.41, 5.74) is 27.7. The van der Waals surface area contributed by atoms with Gasteiger partial charge in [-0.05, 0) is 200 Å². The zero-order valence-corrected chi connectivity index (χ0v) is 79.4. The minimum absolute atomic E-state index is 0.118. The van der Waals surface area contributed by atoms with Gasteiger partial charge in [0.25, 0.3) is 0 Å². The van der Waals surface area contributed by atoms with Gasteiger partial charge < -0.3 is 0 Å². The van der Waals surface area contributed by atoms with E-state index < -0.39 is 5.89 Å². The maximum atomic E-state index is 8.58. The summed E-state index contributed by atoms with van der Waals surface area (Å²) in [6, 6.07) is 43.4. The van der Waals surface area contributed by atoms with E-state index in [4.69, 9.17) is 1.37 Å². The van der Waals surface area contributed by atoms with Gasteiger partial charge in [-0.2, -0.15) is 0 Å². The van der Waals surface area contributed by atoms with E-state index in [0.717, 1.165) is 12.8 Å². The fourth-order valence-corrected chi connectivity index (χ4v) is 13.4. The Morgan fingerprint density at radius 1 is 0.190 bits per heavy atom. The van der Waals surface area contributed by atoms with Crippen molar-refractivity contribution in [2.45, 2.75) is 452 Å². The summed E-state index contributed by atoms with van der Waals surface area (Å²) in [6.07, 6.45) is 1.74. The summed E-state index contributed by atoms with van der Waals surface area (Å²) >= 11 is 0. The molecule has 6 rings (SSSR count). The van der Waals surface area contributed by atoms with Gasteiger partial charge in [0.2, 0.25) is 0 Å². The van der Waals surface area contributed by atoms with Crippen LogP contribution in [-0.4, -0.2) is 0 Å². The molecule has 0 N–H and O–H groups in total. The molecule has 105 heavy (non-hydrogen) atoms. The summed E-state index contributed by atoms with van der Waals surface area (Å²) in [5.74, 6) is -0.427. The topological polar surface area (TPSA) is 0 Å². The molecule has 0 nitrogen and oxygen atoms in total. The van der Waals surface area contributed by atoms with Crippen LogP contribution in [0.3, 0.4) is 0 Å². The summed E-state index contributed by atoms with van der Waals surface area (Å²) in [6.45, 7) is 115. The van der Waals surface area contributed by atoms with Crippen LogP contribution in [0.4, 0.5) is 0 Å². The molecule has 0 aliphatic heterocycles. The SMILES string of the molecule is CC(C)(C)c1cc(C(C)(C)C)c(C(C)(C)C)c(C(C)(C)C)c1.CC(C)(C)c1cc(C(C)(C)C)cc(C(C)(C)C)c1.CC(C)(C)c1ccc(C(C)(C)C)c(C(C)(C)C)c1.CC(C)(C)c1ccc(C(C)(C)C)c(C(C)(C)C)c1.CC(C)(C)c1ccccc1C(C)(C)C.[2H]C(CC)(CC)c1ccccc1C(C)(C)C. The van der Waals surface area contributed by atoms with E-state index in [-0.39, 0.29) is 86.6 Å². The van der Waals surface area contributed by atoms with Gasteiger partial charge in [0.05, 0.1) is 0 Å². The second-order valence-electron chi connectivity index (χ2n) is 47.7. The van der Waals surface area contributed by atoms with Crippen LogP contribution in [0.15, 0.2) is 115 Å². The first-order valence-electron chi connectivity index (χ1n) is 41.4. The number of hydrogen-bond acceptors (Lipinski definition) is 0. The predicted molar refractivity (Wildman–Crippen MR) is 481 cm³/mol. The summed E-state index contributed by atoms with van der Waals surface area (Å²) in [7, 11) is 0. The van der Waals surface area contributed by atoms with Crippen molar-refractivity contribution in [3.63, 3.8) is 0 Å². The molecule has 0 radical (unpaired) electrons. The summed E-state index contributed by atoms with van der Waals surface area (Å²) in [4.78, 5) is 0. The fraction of sp³-hybridized carbons (Fsp3) is 0.657. The van der Waals surface area contributed by atoms with Crippen LogP contribution in [-0.2, 0) is 86.6 Å². The molecule has 0 saturated heterocycles. The average Bonchev–Trinajstić information content (AvgIpc) is 0.747. The maximum Gasteiger partial charge on any atom is 0.0352 e. The van der Waals surface area contributed by atoms with E-state index in [0.29, 0.717) is 0 Å². The van der Waals surface area contributed by atoms with Crippen LogP contribution in [0.2, 0.25) is 0 Å². The highest BCUT2D eigenvalue weighted by molar-refractivity contribution is 5.51. The zero-order chi connectivity index (χ0) is 84.2. The van der Waals surface area contributed by atoms with Crippen LogP contribution in [0.5, 0.6) is 0 Å². The number of benzene rings is 6. The lowest BCUT2D eigenvalue weighted by Gasteiger charge is -2.38. The van der Waals surface area contributed by atoms with Crippen LogP contribution < -0.4 is 0 Å². The highest BCUT2D eigenvalue weighted by Gasteiger charge is 2.35. The van der Waals surface area contributed by atoms with Crippen molar-refractivity contribution in [3.05, 3.63) is 210 Å². The molecule has 0 saturated carbocycles. The molecule has 0 aliphatic rings. The van der Waals surface area contributed by atoms with Gasteiger partial charge in [-0.1, -0.05) is 461 Å². The normalized spacial score (nSPS) is 13.8. The van der Waals surface area contributed by atoms with E-state index >= 15 is 0 Å². The highest BCUT2D eigenvalue weighted by Crippen LogP contribution is 2.45. The van der Waals surface area contributed by atoms with Gasteiger partial charge in [0, 0.05) is 1.37 Å². The molecule has 0 unspecified atom stereocenters. The summed E-state index contributed by atoms with van der Waals surface area (Å²) in [5, 5.41) is 0. The van der Waals surface area contributed by atoms with Gasteiger partial charge in [0.15, 0.2) is 0 Å². The molecule has 0 heterocycles. The fourth-order valence-electron chi connectivity index (χ4n) is 13.4. The third-order valence-electron chi connectivity index (χ3n) is 20.4. The quantitative estimate of drug-likeness (QED) is 0.166. The molecule has 0 fully saturated rings. The number of rotatable bonds is 3. The van der Waals surface area contributed by atoms with Gasteiger partial charge in [-0.15, -0.1) is 0 Å². The molecule has 6 aromatic carbocycles. The molecule has 594 valence electrons. The Kier molecular flexibility index (Phi) is 31.9. The monoisotopic (exact) mass is 1440 g/mol. The molecule has 0 spiro atoms. The predicted octanol–water partition coefficient (Wildman–Crippen LogP) is 32.8. The van der Waals surface area contributed by atoms with Crippen molar-refractivity contribution >= 4 is 0 Å². The third-order valence-corrected chi connectivity index (χ3v) is 20.4. The Bertz CT molecular complexity index is 3490. The lowest BCUT2D eigenvalue weighted by atomic mass is 9.66. The van der Waals surface area contributed by atoms with E-state index in [9.17, 15) is 0 Å². The van der Waals surface area contributed by atoms with Crippen molar-refractivity contribution in [2.24, 2.45) is 0 Å². The van der Waals surface area contributed by atoms with Gasteiger partial charge in [0.1, 0.15) is 0 Å². The molecule has 0 bridgehead atoms. The smallest absolute Gasteiger partial charge is 0.0352 e. The van der Waals surface area contributed by atoms with E-state index in [2.05, 4.69) is 461 Å². The largest absolute Gasteiger partial charge is 0.0648 e. The van der Waals surface area contributed by atoms with Gasteiger partial charge in [-0.25, -0.2) is 0 Å². The standard InChI is InChI=1S/C22H38.3C18H30.C15H24.C14H22/c1-19(2,3)15-13-16(20(4,5)6)18(22(10,11)12)17(14-15)21(7,8)9;1-16(2,3)13-10-14(17(4,5)6)12-15(11-13)18(7,8)9;2*1-16(2,3)13-10-11-14(17(4,5)6)15(12-13)18(7,8)9;1-6-12(7-2)13-10-8-9-11-14(13)15(3,4)5;1-13(2,3)11-9-7-8-10-12(11)14(4,5)6/h13-14H,1-12H3;3*10-12H,1-9H3;8-12H,6-7H2,1-5H3;7-10H,1-6H3/i;;;;12D;.